The minimum Gasteiger partial charge on any atom is -0.144 e. The Balaban J connectivity index is 2.34. The first kappa shape index (κ1) is 8.27. The van der Waals surface area contributed by atoms with Crippen molar-refractivity contribution in [3.05, 3.63) is 64.9 Å². The summed E-state index contributed by atoms with van der Waals surface area (Å²) in [6.45, 7) is 4.08. The largest absolute Gasteiger partial charge is 0.144 e. The zero-order valence-electron chi connectivity index (χ0n) is 7.23. The number of rotatable bonds is 2. The third-order valence-corrected chi connectivity index (χ3v) is 2.87. The van der Waals surface area contributed by atoms with Crippen molar-refractivity contribution in [2.24, 2.45) is 0 Å². The molecule has 2 aromatic rings. The molecule has 0 amide bonds. The van der Waals surface area contributed by atoms with E-state index in [1.807, 2.05) is 24.3 Å². The van der Waals surface area contributed by atoms with Gasteiger partial charge in [-0.05, 0) is 22.6 Å². The van der Waals surface area contributed by atoms with Crippen LogP contribution in [0.5, 0.6) is 0 Å². The minimum atomic E-state index is 1.11. The van der Waals surface area contributed by atoms with Crippen molar-refractivity contribution >= 4 is 16.9 Å². The van der Waals surface area contributed by atoms with E-state index in [1.165, 1.54) is 10.4 Å². The third-order valence-electron chi connectivity index (χ3n) is 1.94. The Hall–Kier alpha value is -1.34. The molecule has 0 radical (unpaired) electrons. The lowest BCUT2D eigenvalue weighted by Gasteiger charge is -2.01. The second kappa shape index (κ2) is 3.58. The molecule has 1 heterocycles. The van der Waals surface area contributed by atoms with Crippen LogP contribution in [0.4, 0.5) is 0 Å². The highest BCUT2D eigenvalue weighted by Gasteiger charge is 2.00. The molecule has 0 aliphatic carbocycles. The zero-order chi connectivity index (χ0) is 9.10. The summed E-state index contributed by atoms with van der Waals surface area (Å²) < 4.78 is 0. The molecule has 0 saturated heterocycles. The van der Waals surface area contributed by atoms with Gasteiger partial charge >= 0.3 is 0 Å². The van der Waals surface area contributed by atoms with E-state index in [-0.39, 0.29) is 0 Å². The van der Waals surface area contributed by atoms with E-state index in [9.17, 15) is 0 Å². The van der Waals surface area contributed by atoms with Crippen LogP contribution in [0, 0.1) is 0 Å². The summed E-state index contributed by atoms with van der Waals surface area (Å²) in [7, 11) is 0. The van der Waals surface area contributed by atoms with Gasteiger partial charge in [-0.25, -0.2) is 0 Å². The molecule has 0 bridgehead atoms. The van der Waals surface area contributed by atoms with Crippen LogP contribution in [0.2, 0.25) is 0 Å². The molecule has 64 valence electrons. The maximum Gasteiger partial charge on any atom is 0.0342 e. The van der Waals surface area contributed by atoms with E-state index >= 15 is 0 Å². The predicted octanol–water partition coefficient (Wildman–Crippen LogP) is 3.81. The lowest BCUT2D eigenvalue weighted by Crippen LogP contribution is -1.80. The van der Waals surface area contributed by atoms with Gasteiger partial charge in [0.25, 0.3) is 0 Å². The summed E-state index contributed by atoms with van der Waals surface area (Å²) in [5, 5.41) is 2.07. The molecule has 0 unspecified atom stereocenters. The summed E-state index contributed by atoms with van der Waals surface area (Å²) in [5.41, 5.74) is 2.31. The van der Waals surface area contributed by atoms with Crippen molar-refractivity contribution in [1.29, 1.82) is 0 Å². The predicted molar refractivity (Wildman–Crippen MR) is 58.9 cm³/mol. The van der Waals surface area contributed by atoms with Crippen molar-refractivity contribution in [3.8, 4) is 0 Å². The van der Waals surface area contributed by atoms with E-state index in [0.717, 1.165) is 5.57 Å². The van der Waals surface area contributed by atoms with Crippen LogP contribution in [0.1, 0.15) is 10.4 Å². The van der Waals surface area contributed by atoms with Gasteiger partial charge < -0.3 is 0 Å². The maximum atomic E-state index is 4.08. The van der Waals surface area contributed by atoms with Gasteiger partial charge in [-0.2, -0.15) is 0 Å². The number of hydrogen-bond acceptors (Lipinski definition) is 1. The molecular formula is C12H10S. The van der Waals surface area contributed by atoms with E-state index in [2.05, 4.69) is 30.2 Å². The summed E-state index contributed by atoms with van der Waals surface area (Å²) >= 11 is 1.73. The van der Waals surface area contributed by atoms with Crippen molar-refractivity contribution in [2.75, 3.05) is 0 Å². The van der Waals surface area contributed by atoms with Crippen molar-refractivity contribution in [2.45, 2.75) is 0 Å². The average Bonchev–Trinajstić information content (AvgIpc) is 2.71. The van der Waals surface area contributed by atoms with Crippen molar-refractivity contribution < 1.29 is 0 Å². The van der Waals surface area contributed by atoms with Gasteiger partial charge in [0, 0.05) is 4.88 Å². The molecule has 1 heteroatoms. The zero-order valence-corrected chi connectivity index (χ0v) is 8.05. The Labute approximate surface area is 82.2 Å². The lowest BCUT2D eigenvalue weighted by molar-refractivity contribution is 1.62. The summed E-state index contributed by atoms with van der Waals surface area (Å²) in [4.78, 5) is 1.24. The molecule has 0 atom stereocenters. The minimum absolute atomic E-state index is 1.11. The Morgan fingerprint density at radius 3 is 2.38 bits per heavy atom. The monoisotopic (exact) mass is 186 g/mol. The quantitative estimate of drug-likeness (QED) is 0.669. The average molecular weight is 186 g/mol. The van der Waals surface area contributed by atoms with Crippen molar-refractivity contribution in [1.82, 2.24) is 0 Å². The fourth-order valence-corrected chi connectivity index (χ4v) is 1.95. The SMILES string of the molecule is C=C(c1ccccc1)c1cccs1. The molecule has 0 N–H and O–H groups in total. The summed E-state index contributed by atoms with van der Waals surface area (Å²) in [5.74, 6) is 0. The van der Waals surface area contributed by atoms with Gasteiger partial charge in [0.1, 0.15) is 0 Å². The number of thiophene rings is 1. The van der Waals surface area contributed by atoms with Crippen LogP contribution >= 0.6 is 11.3 Å². The molecule has 1 aromatic heterocycles. The summed E-state index contributed by atoms with van der Waals surface area (Å²) in [6.07, 6.45) is 0. The Morgan fingerprint density at radius 2 is 1.77 bits per heavy atom. The highest BCUT2D eigenvalue weighted by Crippen LogP contribution is 2.24. The highest BCUT2D eigenvalue weighted by atomic mass is 32.1. The smallest absolute Gasteiger partial charge is 0.0342 e. The first-order valence-corrected chi connectivity index (χ1v) is 5.04. The highest BCUT2D eigenvalue weighted by molar-refractivity contribution is 7.11. The van der Waals surface area contributed by atoms with E-state index in [1.54, 1.807) is 11.3 Å². The second-order valence-electron chi connectivity index (χ2n) is 2.82. The molecule has 0 saturated carbocycles. The van der Waals surface area contributed by atoms with Gasteiger partial charge in [0.15, 0.2) is 0 Å². The fraction of sp³-hybridized carbons (Fsp3) is 0. The third kappa shape index (κ3) is 1.70. The van der Waals surface area contributed by atoms with Crippen LogP contribution < -0.4 is 0 Å². The van der Waals surface area contributed by atoms with Crippen molar-refractivity contribution in [3.63, 3.8) is 0 Å². The molecule has 0 spiro atoms. The molecule has 0 nitrogen and oxygen atoms in total. The maximum absolute atomic E-state index is 4.08. The van der Waals surface area contributed by atoms with Crippen LogP contribution in [-0.4, -0.2) is 0 Å². The second-order valence-corrected chi connectivity index (χ2v) is 3.77. The van der Waals surface area contributed by atoms with Gasteiger partial charge in [-0.3, -0.25) is 0 Å². The number of hydrogen-bond donors (Lipinski definition) is 0. The molecule has 0 fully saturated rings. The summed E-state index contributed by atoms with van der Waals surface area (Å²) in [6, 6.07) is 14.4. The molecule has 0 aliphatic heterocycles. The topological polar surface area (TPSA) is 0 Å². The van der Waals surface area contributed by atoms with Gasteiger partial charge in [0.05, 0.1) is 0 Å². The van der Waals surface area contributed by atoms with Crippen LogP contribution in [-0.2, 0) is 0 Å². The molecule has 1 aromatic carbocycles. The first-order valence-electron chi connectivity index (χ1n) is 4.16. The number of benzene rings is 1. The molecule has 13 heavy (non-hydrogen) atoms. The normalized spacial score (nSPS) is 9.85. The van der Waals surface area contributed by atoms with E-state index < -0.39 is 0 Å². The van der Waals surface area contributed by atoms with E-state index in [0.29, 0.717) is 0 Å². The van der Waals surface area contributed by atoms with Gasteiger partial charge in [-0.15, -0.1) is 11.3 Å². The van der Waals surface area contributed by atoms with Gasteiger partial charge in [-0.1, -0.05) is 43.0 Å². The molecule has 0 aliphatic rings. The van der Waals surface area contributed by atoms with Gasteiger partial charge in [0.2, 0.25) is 0 Å². The van der Waals surface area contributed by atoms with E-state index in [4.69, 9.17) is 0 Å². The molecule has 2 rings (SSSR count). The Kier molecular flexibility index (Phi) is 2.28. The molecular weight excluding hydrogens is 176 g/mol. The first-order chi connectivity index (χ1) is 6.38. The van der Waals surface area contributed by atoms with Crippen LogP contribution in [0.3, 0.4) is 0 Å². The standard InChI is InChI=1S/C12H10S/c1-10(12-8-5-9-13-12)11-6-3-2-4-7-11/h2-9H,1H2. The van der Waals surface area contributed by atoms with Crippen LogP contribution in [0.15, 0.2) is 54.4 Å². The Bertz CT molecular complexity index is 384. The lowest BCUT2D eigenvalue weighted by atomic mass is 10.1. The fourth-order valence-electron chi connectivity index (χ4n) is 1.23. The Morgan fingerprint density at radius 1 is 1.00 bits per heavy atom. The van der Waals surface area contributed by atoms with Crippen LogP contribution in [0.25, 0.3) is 5.57 Å².